The van der Waals surface area contributed by atoms with Gasteiger partial charge in [0.1, 0.15) is 13.2 Å². The molecule has 0 saturated carbocycles. The summed E-state index contributed by atoms with van der Waals surface area (Å²) in [7, 11) is 0. The van der Waals surface area contributed by atoms with Crippen LogP contribution >= 0.6 is 0 Å². The summed E-state index contributed by atoms with van der Waals surface area (Å²) in [6, 6.07) is 0. The molecule has 6 heteroatoms. The largest absolute Gasteiger partial charge is 0.462 e. The van der Waals surface area contributed by atoms with Crippen LogP contribution in [0.5, 0.6) is 0 Å². The molecule has 62 heavy (non-hydrogen) atoms. The lowest BCUT2D eigenvalue weighted by molar-refractivity contribution is -0.167. The zero-order chi connectivity index (χ0) is 45.1. The van der Waals surface area contributed by atoms with E-state index in [1.54, 1.807) is 0 Å². The molecular weight excluding hydrogens is 769 g/mol. The predicted molar refractivity (Wildman–Crippen MR) is 265 cm³/mol. The van der Waals surface area contributed by atoms with E-state index < -0.39 is 12.1 Å². The summed E-state index contributed by atoms with van der Waals surface area (Å²) in [6.07, 6.45) is 68.8. The molecule has 0 saturated heterocycles. The van der Waals surface area contributed by atoms with Gasteiger partial charge in [0.05, 0.1) is 0 Å². The van der Waals surface area contributed by atoms with Crippen molar-refractivity contribution in [1.82, 2.24) is 0 Å². The van der Waals surface area contributed by atoms with Gasteiger partial charge in [-0.15, -0.1) is 0 Å². The number of rotatable bonds is 41. The normalized spacial score (nSPS) is 13.3. The van der Waals surface area contributed by atoms with Gasteiger partial charge in [-0.3, -0.25) is 14.4 Å². The SMILES string of the molecule is CC\C=C/C=C\C=C/C=C\C=C/CCCC(=O)OC(COC(=O)CCCC/C=C\C/C=C\C/C=C\CC)COC(=O)CCCCCCCCCCC/C=C\C/C=C\C/C=C\CC. The lowest BCUT2D eigenvalue weighted by Gasteiger charge is -2.18. The van der Waals surface area contributed by atoms with Gasteiger partial charge in [-0.2, -0.15) is 0 Å². The summed E-state index contributed by atoms with van der Waals surface area (Å²) in [4.78, 5) is 37.8. The fraction of sp³-hybridized carbons (Fsp3) is 0.554. The Bertz CT molecular complexity index is 1400. The van der Waals surface area contributed by atoms with Crippen LogP contribution in [-0.2, 0) is 28.6 Å². The molecule has 1 atom stereocenters. The molecular formula is C56H86O6. The minimum absolute atomic E-state index is 0.127. The average molecular weight is 855 g/mol. The van der Waals surface area contributed by atoms with Crippen LogP contribution in [0.2, 0.25) is 0 Å². The van der Waals surface area contributed by atoms with Crippen molar-refractivity contribution in [3.63, 3.8) is 0 Å². The molecule has 0 bridgehead atoms. The number of carbonyl (C=O) groups excluding carboxylic acids is 3. The van der Waals surface area contributed by atoms with Crippen molar-refractivity contribution in [2.45, 2.75) is 187 Å². The lowest BCUT2D eigenvalue weighted by atomic mass is 10.1. The van der Waals surface area contributed by atoms with Crippen LogP contribution in [0, 0.1) is 0 Å². The van der Waals surface area contributed by atoms with Crippen LogP contribution < -0.4 is 0 Å². The third-order valence-corrected chi connectivity index (χ3v) is 9.51. The number of esters is 3. The van der Waals surface area contributed by atoms with E-state index in [0.717, 1.165) is 89.9 Å². The van der Waals surface area contributed by atoms with E-state index >= 15 is 0 Å². The molecule has 0 N–H and O–H groups in total. The molecule has 0 fully saturated rings. The van der Waals surface area contributed by atoms with Gasteiger partial charge in [0.2, 0.25) is 0 Å². The van der Waals surface area contributed by atoms with Crippen molar-refractivity contribution >= 4 is 17.9 Å². The first kappa shape index (κ1) is 57.5. The fourth-order valence-electron chi connectivity index (χ4n) is 5.97. The van der Waals surface area contributed by atoms with Gasteiger partial charge in [0.15, 0.2) is 6.10 Å². The molecule has 6 nitrogen and oxygen atoms in total. The Kier molecular flexibility index (Phi) is 45.7. The fourth-order valence-corrected chi connectivity index (χ4v) is 5.97. The third kappa shape index (κ3) is 46.6. The second-order valence-corrected chi connectivity index (χ2v) is 15.3. The minimum Gasteiger partial charge on any atom is -0.462 e. The molecule has 0 rings (SSSR count). The highest BCUT2D eigenvalue weighted by Crippen LogP contribution is 2.13. The van der Waals surface area contributed by atoms with Gasteiger partial charge in [0.25, 0.3) is 0 Å². The minimum atomic E-state index is -0.836. The monoisotopic (exact) mass is 855 g/mol. The zero-order valence-corrected chi connectivity index (χ0v) is 39.3. The Balaban J connectivity index is 4.51. The van der Waals surface area contributed by atoms with Gasteiger partial charge in [-0.05, 0) is 96.3 Å². The molecule has 0 radical (unpaired) electrons. The van der Waals surface area contributed by atoms with E-state index in [2.05, 4.69) is 99.8 Å². The second-order valence-electron chi connectivity index (χ2n) is 15.3. The van der Waals surface area contributed by atoms with Crippen LogP contribution in [0.3, 0.4) is 0 Å². The molecule has 0 aromatic heterocycles. The van der Waals surface area contributed by atoms with Crippen molar-refractivity contribution in [3.8, 4) is 0 Å². The van der Waals surface area contributed by atoms with Gasteiger partial charge >= 0.3 is 17.9 Å². The Morgan fingerprint density at radius 2 is 0.677 bits per heavy atom. The average Bonchev–Trinajstić information content (AvgIpc) is 3.27. The Morgan fingerprint density at radius 3 is 1.16 bits per heavy atom. The summed E-state index contributed by atoms with van der Waals surface area (Å²) in [5, 5.41) is 0. The van der Waals surface area contributed by atoms with E-state index in [4.69, 9.17) is 14.2 Å². The van der Waals surface area contributed by atoms with Crippen molar-refractivity contribution in [2.75, 3.05) is 13.2 Å². The first-order valence-electron chi connectivity index (χ1n) is 24.3. The first-order valence-corrected chi connectivity index (χ1v) is 24.3. The lowest BCUT2D eigenvalue weighted by Crippen LogP contribution is -2.30. The van der Waals surface area contributed by atoms with Crippen molar-refractivity contribution in [2.24, 2.45) is 0 Å². The summed E-state index contributed by atoms with van der Waals surface area (Å²) >= 11 is 0. The number of ether oxygens (including phenoxy) is 3. The maximum absolute atomic E-state index is 12.7. The second kappa shape index (κ2) is 49.2. The number of unbranched alkanes of at least 4 members (excludes halogenated alkanes) is 12. The molecule has 0 aliphatic carbocycles. The maximum atomic E-state index is 12.7. The maximum Gasteiger partial charge on any atom is 0.306 e. The van der Waals surface area contributed by atoms with Crippen LogP contribution in [0.25, 0.3) is 0 Å². The standard InChI is InChI=1S/C56H86O6/c1-4-7-10-13-16-19-22-25-26-27-28-29-30-32-34-37-40-43-46-49-55(58)61-52-53(51-60-54(57)48-45-42-39-36-33-24-21-18-15-12-9-6-3)62-56(59)50-47-44-41-38-35-31-23-20-17-14-11-8-5-2/h7-12,14,16-21,23,25-26,31,33,35-36,38,41,53H,4-6,13,15,22,24,27-30,32,34,37,39-40,42-52H2,1-3H3/b10-7-,11-8-,12-9-,17-14-,19-16-,21-18-,23-20-,26-25-,35-31-,36-33-,41-38-. The highest BCUT2D eigenvalue weighted by Gasteiger charge is 2.19. The highest BCUT2D eigenvalue weighted by molar-refractivity contribution is 5.71. The van der Waals surface area contributed by atoms with E-state index in [1.165, 1.54) is 38.5 Å². The van der Waals surface area contributed by atoms with E-state index in [-0.39, 0.29) is 38.0 Å². The van der Waals surface area contributed by atoms with Crippen LogP contribution in [0.4, 0.5) is 0 Å². The number of hydrogen-bond donors (Lipinski definition) is 0. The van der Waals surface area contributed by atoms with Crippen LogP contribution in [0.15, 0.2) is 134 Å². The van der Waals surface area contributed by atoms with Crippen LogP contribution in [-0.4, -0.2) is 37.2 Å². The Morgan fingerprint density at radius 1 is 0.339 bits per heavy atom. The van der Waals surface area contributed by atoms with Gasteiger partial charge in [0, 0.05) is 19.3 Å². The molecule has 0 aliphatic heterocycles. The Labute approximate surface area is 379 Å². The van der Waals surface area contributed by atoms with Gasteiger partial charge in [-0.25, -0.2) is 0 Å². The van der Waals surface area contributed by atoms with Crippen molar-refractivity contribution < 1.29 is 28.6 Å². The quantitative estimate of drug-likeness (QED) is 0.0200. The number of allylic oxidation sites excluding steroid dienone is 22. The summed E-state index contributed by atoms with van der Waals surface area (Å²) in [5.41, 5.74) is 0. The number of hydrogen-bond acceptors (Lipinski definition) is 6. The smallest absolute Gasteiger partial charge is 0.306 e. The summed E-state index contributed by atoms with van der Waals surface area (Å²) in [6.45, 7) is 6.13. The van der Waals surface area contributed by atoms with E-state index in [9.17, 15) is 14.4 Å². The first-order chi connectivity index (χ1) is 30.5. The predicted octanol–water partition coefficient (Wildman–Crippen LogP) is 15.9. The highest BCUT2D eigenvalue weighted by atomic mass is 16.6. The molecule has 0 heterocycles. The summed E-state index contributed by atoms with van der Waals surface area (Å²) in [5.74, 6) is -1.06. The zero-order valence-electron chi connectivity index (χ0n) is 39.3. The molecule has 1 unspecified atom stereocenters. The van der Waals surface area contributed by atoms with Gasteiger partial charge < -0.3 is 14.2 Å². The van der Waals surface area contributed by atoms with Crippen molar-refractivity contribution in [1.29, 1.82) is 0 Å². The molecule has 0 aromatic rings. The molecule has 0 spiro atoms. The Hall–Kier alpha value is -4.45. The van der Waals surface area contributed by atoms with Crippen molar-refractivity contribution in [3.05, 3.63) is 134 Å². The summed E-state index contributed by atoms with van der Waals surface area (Å²) < 4.78 is 16.6. The van der Waals surface area contributed by atoms with E-state index in [0.29, 0.717) is 19.3 Å². The van der Waals surface area contributed by atoms with Gasteiger partial charge in [-0.1, -0.05) is 199 Å². The van der Waals surface area contributed by atoms with Crippen LogP contribution in [0.1, 0.15) is 181 Å². The van der Waals surface area contributed by atoms with E-state index in [1.807, 2.05) is 54.7 Å². The molecule has 0 aliphatic rings. The number of carbonyl (C=O) groups is 3. The topological polar surface area (TPSA) is 78.9 Å². The molecule has 346 valence electrons. The molecule has 0 aromatic carbocycles. The third-order valence-electron chi connectivity index (χ3n) is 9.51. The molecule has 0 amide bonds.